The van der Waals surface area contributed by atoms with Crippen LogP contribution in [0.5, 0.6) is 11.5 Å². The molecule has 4 heteroatoms. The topological polar surface area (TPSA) is 47.9 Å². The van der Waals surface area contributed by atoms with Crippen LogP contribution in [-0.2, 0) is 5.41 Å². The van der Waals surface area contributed by atoms with Gasteiger partial charge >= 0.3 is 0 Å². The molecule has 0 fully saturated rings. The fourth-order valence-electron chi connectivity index (χ4n) is 8.68. The summed E-state index contributed by atoms with van der Waals surface area (Å²) in [7, 11) is 0. The SMILES string of the molecule is c1ccc(-c2nnc(-c3ccc4c(ccc5ccccc54)c3)nc2-c2cccc3c2-c2ccccc2C32c3ccccc3Oc3ccccc32)cc1. The van der Waals surface area contributed by atoms with E-state index in [0.29, 0.717) is 5.82 Å². The zero-order chi connectivity index (χ0) is 34.2. The van der Waals surface area contributed by atoms with Gasteiger partial charge in [0, 0.05) is 27.8 Å². The fourth-order valence-corrected chi connectivity index (χ4v) is 8.68. The van der Waals surface area contributed by atoms with Crippen LogP contribution in [0.1, 0.15) is 22.3 Å². The van der Waals surface area contributed by atoms with E-state index in [0.717, 1.165) is 61.7 Å². The van der Waals surface area contributed by atoms with Crippen LogP contribution in [0.25, 0.3) is 66.6 Å². The van der Waals surface area contributed by atoms with Crippen molar-refractivity contribution in [3.63, 3.8) is 0 Å². The molecule has 1 aliphatic carbocycles. The molecule has 242 valence electrons. The number of benzene rings is 8. The van der Waals surface area contributed by atoms with Crippen molar-refractivity contribution in [1.29, 1.82) is 0 Å². The third-order valence-corrected chi connectivity index (χ3v) is 10.9. The van der Waals surface area contributed by atoms with E-state index in [4.69, 9.17) is 19.9 Å². The quantitative estimate of drug-likeness (QED) is 0.177. The molecule has 1 aromatic heterocycles. The van der Waals surface area contributed by atoms with Gasteiger partial charge in [0.1, 0.15) is 22.9 Å². The summed E-state index contributed by atoms with van der Waals surface area (Å²) in [6, 6.07) is 62.0. The highest BCUT2D eigenvalue weighted by atomic mass is 16.5. The molecule has 0 amide bonds. The summed E-state index contributed by atoms with van der Waals surface area (Å²) in [5.41, 5.74) is 10.9. The Labute approximate surface area is 300 Å². The van der Waals surface area contributed by atoms with Crippen LogP contribution >= 0.6 is 0 Å². The van der Waals surface area contributed by atoms with Crippen molar-refractivity contribution in [2.45, 2.75) is 5.41 Å². The summed E-state index contributed by atoms with van der Waals surface area (Å²) in [6.07, 6.45) is 0. The molecule has 1 aliphatic heterocycles. The van der Waals surface area contributed by atoms with Gasteiger partial charge in [0.2, 0.25) is 0 Å². The number of rotatable bonds is 3. The van der Waals surface area contributed by atoms with Crippen LogP contribution in [0.4, 0.5) is 0 Å². The monoisotopic (exact) mass is 663 g/mol. The van der Waals surface area contributed by atoms with Gasteiger partial charge in [-0.05, 0) is 62.0 Å². The Bertz CT molecular complexity index is 2850. The molecule has 11 rings (SSSR count). The molecule has 0 atom stereocenters. The molecular weight excluding hydrogens is 635 g/mol. The van der Waals surface area contributed by atoms with E-state index < -0.39 is 5.41 Å². The Morgan fingerprint density at radius 3 is 1.87 bits per heavy atom. The molecule has 0 unspecified atom stereocenters. The molecule has 0 bridgehead atoms. The van der Waals surface area contributed by atoms with E-state index in [1.165, 1.54) is 32.8 Å². The Balaban J connectivity index is 1.19. The third-order valence-electron chi connectivity index (χ3n) is 10.9. The van der Waals surface area contributed by atoms with E-state index in [2.05, 4.69) is 146 Å². The minimum Gasteiger partial charge on any atom is -0.457 e. The lowest BCUT2D eigenvalue weighted by molar-refractivity contribution is 0.436. The maximum absolute atomic E-state index is 6.57. The van der Waals surface area contributed by atoms with Crippen molar-refractivity contribution in [3.05, 3.63) is 198 Å². The predicted molar refractivity (Wildman–Crippen MR) is 209 cm³/mol. The smallest absolute Gasteiger partial charge is 0.182 e. The molecule has 0 radical (unpaired) electrons. The van der Waals surface area contributed by atoms with Crippen LogP contribution in [-0.4, -0.2) is 15.2 Å². The number of fused-ring (bicyclic) bond motifs is 12. The van der Waals surface area contributed by atoms with E-state index >= 15 is 0 Å². The van der Waals surface area contributed by atoms with Gasteiger partial charge in [0.15, 0.2) is 5.82 Å². The number of hydrogen-bond acceptors (Lipinski definition) is 4. The zero-order valence-corrected chi connectivity index (χ0v) is 28.0. The first-order valence-electron chi connectivity index (χ1n) is 17.6. The standard InChI is InChI=1S/C48H29N3O/c1-2-14-31(15-3-1)45-46(49-47(51-50-45)33-27-28-35-32(29-33)26-25-30-13-4-5-16-34(30)35)37-18-12-22-41-44(37)36-17-6-7-19-38(36)48(41)39-20-8-10-23-42(39)52-43-24-11-9-21-40(43)48/h1-29H. The largest absolute Gasteiger partial charge is 0.457 e. The van der Waals surface area contributed by atoms with Crippen molar-refractivity contribution in [3.8, 4) is 56.5 Å². The van der Waals surface area contributed by atoms with Gasteiger partial charge in [0.05, 0.1) is 5.41 Å². The van der Waals surface area contributed by atoms with Crippen LogP contribution in [0, 0.1) is 0 Å². The molecule has 1 spiro atoms. The maximum atomic E-state index is 6.57. The Kier molecular flexibility index (Phi) is 6.13. The first-order chi connectivity index (χ1) is 25.8. The molecule has 0 saturated heterocycles. The van der Waals surface area contributed by atoms with Crippen LogP contribution in [0.2, 0.25) is 0 Å². The molecule has 2 aliphatic rings. The predicted octanol–water partition coefficient (Wildman–Crippen LogP) is 11.6. The highest BCUT2D eigenvalue weighted by Crippen LogP contribution is 2.63. The maximum Gasteiger partial charge on any atom is 0.182 e. The van der Waals surface area contributed by atoms with Crippen LogP contribution in [0.3, 0.4) is 0 Å². The average Bonchev–Trinajstić information content (AvgIpc) is 3.51. The number of para-hydroxylation sites is 2. The van der Waals surface area contributed by atoms with E-state index in [-0.39, 0.29) is 0 Å². The zero-order valence-electron chi connectivity index (χ0n) is 28.0. The number of nitrogens with zero attached hydrogens (tertiary/aromatic N) is 3. The van der Waals surface area contributed by atoms with Crippen molar-refractivity contribution in [2.24, 2.45) is 0 Å². The Hall–Kier alpha value is -6.91. The summed E-state index contributed by atoms with van der Waals surface area (Å²) in [6.45, 7) is 0. The van der Waals surface area contributed by atoms with Crippen LogP contribution in [0.15, 0.2) is 176 Å². The Morgan fingerprint density at radius 2 is 1.04 bits per heavy atom. The molecule has 0 N–H and O–H groups in total. The lowest BCUT2D eigenvalue weighted by Crippen LogP contribution is -2.32. The van der Waals surface area contributed by atoms with Crippen molar-refractivity contribution in [2.75, 3.05) is 0 Å². The van der Waals surface area contributed by atoms with Gasteiger partial charge in [-0.2, -0.15) is 0 Å². The molecule has 8 aromatic carbocycles. The van der Waals surface area contributed by atoms with Crippen molar-refractivity contribution >= 4 is 21.5 Å². The summed E-state index contributed by atoms with van der Waals surface area (Å²) in [5, 5.41) is 14.5. The van der Waals surface area contributed by atoms with Crippen molar-refractivity contribution in [1.82, 2.24) is 15.2 Å². The molecule has 2 heterocycles. The second-order valence-electron chi connectivity index (χ2n) is 13.5. The first-order valence-corrected chi connectivity index (χ1v) is 17.6. The van der Waals surface area contributed by atoms with Gasteiger partial charge < -0.3 is 4.74 Å². The molecule has 52 heavy (non-hydrogen) atoms. The van der Waals surface area contributed by atoms with E-state index in [1.807, 2.05) is 30.3 Å². The molecule has 0 saturated carbocycles. The third kappa shape index (κ3) is 4.00. The minimum absolute atomic E-state index is 0.579. The minimum atomic E-state index is -0.579. The molecular formula is C48H29N3O. The summed E-state index contributed by atoms with van der Waals surface area (Å²) in [4.78, 5) is 5.43. The molecule has 4 nitrogen and oxygen atoms in total. The summed E-state index contributed by atoms with van der Waals surface area (Å²) < 4.78 is 6.57. The number of aromatic nitrogens is 3. The molecule has 9 aromatic rings. The summed E-state index contributed by atoms with van der Waals surface area (Å²) >= 11 is 0. The van der Waals surface area contributed by atoms with E-state index in [1.54, 1.807) is 0 Å². The Morgan fingerprint density at radius 1 is 0.404 bits per heavy atom. The average molecular weight is 664 g/mol. The highest BCUT2D eigenvalue weighted by molar-refractivity contribution is 6.08. The van der Waals surface area contributed by atoms with Gasteiger partial charge in [-0.1, -0.05) is 158 Å². The second-order valence-corrected chi connectivity index (χ2v) is 13.5. The normalized spacial score (nSPS) is 13.3. The fraction of sp³-hybridized carbons (Fsp3) is 0.0208. The van der Waals surface area contributed by atoms with Crippen molar-refractivity contribution < 1.29 is 4.74 Å². The van der Waals surface area contributed by atoms with Gasteiger partial charge in [0.25, 0.3) is 0 Å². The number of hydrogen-bond donors (Lipinski definition) is 0. The summed E-state index contributed by atoms with van der Waals surface area (Å²) in [5.74, 6) is 2.33. The van der Waals surface area contributed by atoms with Gasteiger partial charge in [-0.3, -0.25) is 0 Å². The highest BCUT2D eigenvalue weighted by Gasteiger charge is 2.51. The van der Waals surface area contributed by atoms with Crippen LogP contribution < -0.4 is 4.74 Å². The first kappa shape index (κ1) is 28.9. The van der Waals surface area contributed by atoms with E-state index in [9.17, 15) is 0 Å². The second kappa shape index (κ2) is 11.0. The van der Waals surface area contributed by atoms with Gasteiger partial charge in [-0.15, -0.1) is 10.2 Å². The lowest BCUT2D eigenvalue weighted by atomic mass is 9.66. The number of ether oxygens (including phenoxy) is 1. The lowest BCUT2D eigenvalue weighted by Gasteiger charge is -2.39. The van der Waals surface area contributed by atoms with Gasteiger partial charge in [-0.25, -0.2) is 4.98 Å².